The van der Waals surface area contributed by atoms with Gasteiger partial charge >= 0.3 is 0 Å². The van der Waals surface area contributed by atoms with Crippen LogP contribution in [0.2, 0.25) is 5.02 Å². The van der Waals surface area contributed by atoms with Gasteiger partial charge in [0.2, 0.25) is 0 Å². The van der Waals surface area contributed by atoms with Crippen molar-refractivity contribution in [2.75, 3.05) is 13.2 Å². The van der Waals surface area contributed by atoms with Crippen molar-refractivity contribution in [1.29, 1.82) is 0 Å². The lowest BCUT2D eigenvalue weighted by Crippen LogP contribution is -2.18. The highest BCUT2D eigenvalue weighted by Crippen LogP contribution is 2.18. The van der Waals surface area contributed by atoms with Crippen LogP contribution in [0.15, 0.2) is 0 Å². The van der Waals surface area contributed by atoms with E-state index in [1.54, 1.807) is 0 Å². The number of nitrogens with zero attached hydrogens (tertiary/aromatic N) is 2. The second-order valence-corrected chi connectivity index (χ2v) is 5.15. The third kappa shape index (κ3) is 4.96. The third-order valence-electron chi connectivity index (χ3n) is 2.75. The normalized spacial score (nSPS) is 11.4. The van der Waals surface area contributed by atoms with Crippen LogP contribution in [-0.4, -0.2) is 29.0 Å². The van der Waals surface area contributed by atoms with E-state index in [1.807, 2.05) is 18.7 Å². The minimum absolute atomic E-state index is 0.328. The van der Waals surface area contributed by atoms with E-state index in [1.165, 1.54) is 0 Å². The molecule has 1 aromatic heterocycles. The smallest absolute Gasteiger partial charge is 0.0860 e. The molecule has 0 radical (unpaired) electrons. The molecule has 0 aliphatic carbocycles. The van der Waals surface area contributed by atoms with E-state index in [9.17, 15) is 0 Å². The van der Waals surface area contributed by atoms with Gasteiger partial charge in [0.25, 0.3) is 0 Å². The fraction of sp³-hybridized carbons (Fsp3) is 0.769. The third-order valence-corrected chi connectivity index (χ3v) is 3.24. The summed E-state index contributed by atoms with van der Waals surface area (Å²) in [5, 5.41) is 8.44. The Hall–Kier alpha value is -0.580. The Bertz CT molecular complexity index is 363. The molecule has 0 spiro atoms. The summed E-state index contributed by atoms with van der Waals surface area (Å²) in [5.41, 5.74) is 1.94. The van der Waals surface area contributed by atoms with Gasteiger partial charge in [-0.15, -0.1) is 0 Å². The van der Waals surface area contributed by atoms with E-state index in [4.69, 9.17) is 16.3 Å². The maximum Gasteiger partial charge on any atom is 0.0860 e. The number of rotatable bonds is 8. The number of unbranched alkanes of at least 4 members (excludes halogenated alkanes) is 1. The molecule has 1 rings (SSSR count). The molecule has 18 heavy (non-hydrogen) atoms. The average Bonchev–Trinajstić information content (AvgIpc) is 2.53. The molecule has 1 N–H and O–H groups in total. The van der Waals surface area contributed by atoms with Gasteiger partial charge in [0.05, 0.1) is 22.5 Å². The first-order valence-electron chi connectivity index (χ1n) is 6.52. The van der Waals surface area contributed by atoms with Crippen LogP contribution in [0, 0.1) is 6.92 Å². The van der Waals surface area contributed by atoms with Crippen molar-refractivity contribution >= 4 is 11.6 Å². The Labute approximate surface area is 115 Å². The van der Waals surface area contributed by atoms with E-state index in [0.717, 1.165) is 48.9 Å². The lowest BCUT2D eigenvalue weighted by Gasteiger charge is -2.08. The van der Waals surface area contributed by atoms with Gasteiger partial charge in [0, 0.05) is 20.2 Å². The summed E-state index contributed by atoms with van der Waals surface area (Å²) >= 11 is 6.17. The number of aryl methyl sites for hydroxylation is 2. The first kappa shape index (κ1) is 15.5. The largest absolute Gasteiger partial charge is 0.379 e. The topological polar surface area (TPSA) is 39.1 Å². The van der Waals surface area contributed by atoms with Crippen molar-refractivity contribution in [2.24, 2.45) is 7.05 Å². The maximum absolute atomic E-state index is 6.17. The van der Waals surface area contributed by atoms with Crippen molar-refractivity contribution in [3.63, 3.8) is 0 Å². The molecule has 104 valence electrons. The van der Waals surface area contributed by atoms with Crippen molar-refractivity contribution in [3.8, 4) is 0 Å². The average molecular weight is 274 g/mol. The number of nitrogens with one attached hydrogen (secondary N) is 1. The summed E-state index contributed by atoms with van der Waals surface area (Å²) in [4.78, 5) is 0. The van der Waals surface area contributed by atoms with Gasteiger partial charge in [-0.25, -0.2) is 0 Å². The number of ether oxygens (including phenoxy) is 1. The fourth-order valence-corrected chi connectivity index (χ4v) is 1.98. The molecule has 0 aliphatic rings. The summed E-state index contributed by atoms with van der Waals surface area (Å²) in [6, 6.07) is 0. The van der Waals surface area contributed by atoms with E-state index in [0.29, 0.717) is 6.10 Å². The maximum atomic E-state index is 6.17. The highest BCUT2D eigenvalue weighted by Gasteiger charge is 2.09. The molecule has 0 amide bonds. The molecule has 0 bridgehead atoms. The van der Waals surface area contributed by atoms with Crippen LogP contribution in [0.25, 0.3) is 0 Å². The Morgan fingerprint density at radius 3 is 2.67 bits per heavy atom. The fourth-order valence-electron chi connectivity index (χ4n) is 1.75. The Morgan fingerprint density at radius 2 is 2.11 bits per heavy atom. The zero-order chi connectivity index (χ0) is 13.5. The lowest BCUT2D eigenvalue weighted by atomic mass is 10.3. The van der Waals surface area contributed by atoms with Gasteiger partial charge in [-0.05, 0) is 40.2 Å². The molecule has 0 fully saturated rings. The minimum Gasteiger partial charge on any atom is -0.379 e. The standard InChI is InChI=1S/C13H24ClN3O/c1-10(2)18-8-6-5-7-15-9-12-13(14)11(3)16-17(12)4/h10,15H,5-9H2,1-4H3. The second kappa shape index (κ2) is 7.77. The van der Waals surface area contributed by atoms with E-state index in [2.05, 4.69) is 24.3 Å². The molecule has 0 unspecified atom stereocenters. The predicted molar refractivity (Wildman–Crippen MR) is 75.0 cm³/mol. The summed E-state index contributed by atoms with van der Waals surface area (Å²) in [7, 11) is 1.92. The molecule has 0 atom stereocenters. The van der Waals surface area contributed by atoms with Gasteiger partial charge in [-0.3, -0.25) is 4.68 Å². The molecule has 0 aromatic carbocycles. The molecular formula is C13H24ClN3O. The summed E-state index contributed by atoms with van der Waals surface area (Å²) in [5.74, 6) is 0. The van der Waals surface area contributed by atoms with Crippen LogP contribution in [0.5, 0.6) is 0 Å². The first-order chi connectivity index (χ1) is 8.52. The van der Waals surface area contributed by atoms with Gasteiger partial charge < -0.3 is 10.1 Å². The molecule has 5 heteroatoms. The summed E-state index contributed by atoms with van der Waals surface area (Å²) in [6.45, 7) is 8.62. The van der Waals surface area contributed by atoms with Crippen LogP contribution >= 0.6 is 11.6 Å². The quantitative estimate of drug-likeness (QED) is 0.740. The van der Waals surface area contributed by atoms with Gasteiger partial charge in [-0.2, -0.15) is 5.10 Å². The Morgan fingerprint density at radius 1 is 1.39 bits per heavy atom. The molecule has 1 heterocycles. The number of hydrogen-bond acceptors (Lipinski definition) is 3. The highest BCUT2D eigenvalue weighted by atomic mass is 35.5. The monoisotopic (exact) mass is 273 g/mol. The summed E-state index contributed by atoms with van der Waals surface area (Å²) < 4.78 is 7.33. The first-order valence-corrected chi connectivity index (χ1v) is 6.90. The van der Waals surface area contributed by atoms with E-state index in [-0.39, 0.29) is 0 Å². The van der Waals surface area contributed by atoms with Crippen LogP contribution in [0.4, 0.5) is 0 Å². The van der Waals surface area contributed by atoms with Crippen molar-refractivity contribution in [1.82, 2.24) is 15.1 Å². The number of halogens is 1. The molecule has 0 aliphatic heterocycles. The molecule has 0 saturated heterocycles. The zero-order valence-corrected chi connectivity index (χ0v) is 12.5. The predicted octanol–water partition coefficient (Wildman–Crippen LogP) is 2.68. The van der Waals surface area contributed by atoms with Crippen LogP contribution in [0.3, 0.4) is 0 Å². The molecule has 4 nitrogen and oxygen atoms in total. The van der Waals surface area contributed by atoms with Gasteiger partial charge in [0.1, 0.15) is 0 Å². The molecule has 1 aromatic rings. The van der Waals surface area contributed by atoms with Crippen molar-refractivity contribution in [2.45, 2.75) is 46.3 Å². The van der Waals surface area contributed by atoms with Crippen molar-refractivity contribution < 1.29 is 4.74 Å². The molecule has 0 saturated carbocycles. The molecular weight excluding hydrogens is 250 g/mol. The van der Waals surface area contributed by atoms with E-state index >= 15 is 0 Å². The lowest BCUT2D eigenvalue weighted by molar-refractivity contribution is 0.0760. The van der Waals surface area contributed by atoms with Gasteiger partial charge in [-0.1, -0.05) is 11.6 Å². The Kier molecular flexibility index (Phi) is 6.68. The van der Waals surface area contributed by atoms with Crippen LogP contribution < -0.4 is 5.32 Å². The number of hydrogen-bond donors (Lipinski definition) is 1. The summed E-state index contributed by atoms with van der Waals surface area (Å²) in [6.07, 6.45) is 2.53. The van der Waals surface area contributed by atoms with E-state index < -0.39 is 0 Å². The Balaban J connectivity index is 2.14. The van der Waals surface area contributed by atoms with Gasteiger partial charge in [0.15, 0.2) is 0 Å². The van der Waals surface area contributed by atoms with Crippen LogP contribution in [-0.2, 0) is 18.3 Å². The highest BCUT2D eigenvalue weighted by molar-refractivity contribution is 6.31. The van der Waals surface area contributed by atoms with Crippen molar-refractivity contribution in [3.05, 3.63) is 16.4 Å². The minimum atomic E-state index is 0.328. The number of aromatic nitrogens is 2. The van der Waals surface area contributed by atoms with Crippen LogP contribution in [0.1, 0.15) is 38.1 Å². The second-order valence-electron chi connectivity index (χ2n) is 4.77. The zero-order valence-electron chi connectivity index (χ0n) is 11.8. The SMILES string of the molecule is Cc1nn(C)c(CNCCCCOC(C)C)c1Cl.